The van der Waals surface area contributed by atoms with Gasteiger partial charge < -0.3 is 20.1 Å². The standard InChI is InChI=1S/C21H35N3O2.HI/c1-3-19(20-9-6-5-7-10-20)15-24-21(22-4-2)23-12-8-13-25-16-18-11-14-26-17-18;/h5-7,9-10,18-19H,3-4,8,11-17H2,1-2H3,(H2,22,23,24);1H. The van der Waals surface area contributed by atoms with Crippen molar-refractivity contribution >= 4 is 29.9 Å². The minimum absolute atomic E-state index is 0. The van der Waals surface area contributed by atoms with Gasteiger partial charge in [-0.05, 0) is 31.7 Å². The predicted octanol–water partition coefficient (Wildman–Crippen LogP) is 3.80. The Morgan fingerprint density at radius 2 is 2.07 bits per heavy atom. The monoisotopic (exact) mass is 489 g/mol. The van der Waals surface area contributed by atoms with E-state index in [0.29, 0.717) is 11.8 Å². The number of rotatable bonds is 11. The van der Waals surface area contributed by atoms with Gasteiger partial charge in [0.2, 0.25) is 0 Å². The number of hydrogen-bond acceptors (Lipinski definition) is 3. The van der Waals surface area contributed by atoms with Crippen molar-refractivity contribution in [3.63, 3.8) is 0 Å². The van der Waals surface area contributed by atoms with Crippen molar-refractivity contribution in [3.8, 4) is 0 Å². The van der Waals surface area contributed by atoms with Crippen LogP contribution in [0, 0.1) is 5.92 Å². The molecule has 0 aliphatic carbocycles. The van der Waals surface area contributed by atoms with Crippen LogP contribution < -0.4 is 10.6 Å². The van der Waals surface area contributed by atoms with Gasteiger partial charge in [0.25, 0.3) is 0 Å². The number of aliphatic imine (C=N–C) groups is 1. The first-order valence-corrected chi connectivity index (χ1v) is 10.1. The summed E-state index contributed by atoms with van der Waals surface area (Å²) in [6.45, 7) is 10.2. The second-order valence-electron chi connectivity index (χ2n) is 6.82. The fraction of sp³-hybridized carbons (Fsp3) is 0.667. The summed E-state index contributed by atoms with van der Waals surface area (Å²) >= 11 is 0. The van der Waals surface area contributed by atoms with Crippen LogP contribution in [0.4, 0.5) is 0 Å². The van der Waals surface area contributed by atoms with Gasteiger partial charge in [-0.3, -0.25) is 4.99 Å². The second-order valence-corrected chi connectivity index (χ2v) is 6.82. The summed E-state index contributed by atoms with van der Waals surface area (Å²) < 4.78 is 11.1. The highest BCUT2D eigenvalue weighted by Gasteiger charge is 2.15. The molecule has 0 spiro atoms. The molecule has 1 fully saturated rings. The maximum absolute atomic E-state index is 5.75. The molecule has 2 unspecified atom stereocenters. The fourth-order valence-corrected chi connectivity index (χ4v) is 3.08. The summed E-state index contributed by atoms with van der Waals surface area (Å²) in [5.74, 6) is 1.94. The number of nitrogens with zero attached hydrogens (tertiary/aromatic N) is 1. The number of benzene rings is 1. The van der Waals surface area contributed by atoms with Crippen molar-refractivity contribution in [1.29, 1.82) is 0 Å². The third-order valence-corrected chi connectivity index (χ3v) is 4.71. The Morgan fingerprint density at radius 1 is 1.26 bits per heavy atom. The molecule has 0 aromatic heterocycles. The van der Waals surface area contributed by atoms with E-state index in [4.69, 9.17) is 14.5 Å². The Labute approximate surface area is 181 Å². The summed E-state index contributed by atoms with van der Waals surface area (Å²) in [6.07, 6.45) is 3.20. The Balaban J connectivity index is 0.00000364. The Hall–Kier alpha value is -0.860. The van der Waals surface area contributed by atoms with Crippen LogP contribution in [0.5, 0.6) is 0 Å². The lowest BCUT2D eigenvalue weighted by molar-refractivity contribution is 0.0888. The van der Waals surface area contributed by atoms with Crippen molar-refractivity contribution < 1.29 is 9.47 Å². The number of hydrogen-bond donors (Lipinski definition) is 2. The van der Waals surface area contributed by atoms with Crippen molar-refractivity contribution in [3.05, 3.63) is 35.9 Å². The van der Waals surface area contributed by atoms with E-state index in [1.807, 2.05) is 0 Å². The molecule has 1 saturated heterocycles. The molecular weight excluding hydrogens is 453 g/mol. The van der Waals surface area contributed by atoms with Crippen molar-refractivity contribution in [2.75, 3.05) is 46.1 Å². The maximum atomic E-state index is 5.75. The van der Waals surface area contributed by atoms with Crippen LogP contribution >= 0.6 is 24.0 Å². The molecule has 0 amide bonds. The van der Waals surface area contributed by atoms with E-state index in [1.165, 1.54) is 5.56 Å². The third kappa shape index (κ3) is 9.76. The lowest BCUT2D eigenvalue weighted by Gasteiger charge is -2.16. The molecule has 0 bridgehead atoms. The summed E-state index contributed by atoms with van der Waals surface area (Å²) in [6, 6.07) is 10.6. The molecule has 0 radical (unpaired) electrons. The van der Waals surface area contributed by atoms with Gasteiger partial charge in [-0.15, -0.1) is 24.0 Å². The van der Waals surface area contributed by atoms with Gasteiger partial charge in [0, 0.05) is 44.7 Å². The van der Waals surface area contributed by atoms with Crippen molar-refractivity contribution in [2.24, 2.45) is 10.9 Å². The quantitative estimate of drug-likeness (QED) is 0.215. The molecule has 27 heavy (non-hydrogen) atoms. The first-order chi connectivity index (χ1) is 12.8. The minimum Gasteiger partial charge on any atom is -0.381 e. The Kier molecular flexibility index (Phi) is 13.5. The largest absolute Gasteiger partial charge is 0.381 e. The lowest BCUT2D eigenvalue weighted by atomic mass is 9.97. The first kappa shape index (κ1) is 24.2. The van der Waals surface area contributed by atoms with E-state index >= 15 is 0 Å². The molecule has 6 heteroatoms. The SMILES string of the molecule is CCNC(=NCC(CC)c1ccccc1)NCCCOCC1CCOC1.I. The van der Waals surface area contributed by atoms with Gasteiger partial charge in [-0.25, -0.2) is 0 Å². The Morgan fingerprint density at radius 3 is 2.74 bits per heavy atom. The van der Waals surface area contributed by atoms with Gasteiger partial charge in [-0.2, -0.15) is 0 Å². The molecule has 0 saturated carbocycles. The van der Waals surface area contributed by atoms with Crippen LogP contribution in [0.3, 0.4) is 0 Å². The van der Waals surface area contributed by atoms with E-state index < -0.39 is 0 Å². The highest BCUT2D eigenvalue weighted by atomic mass is 127. The van der Waals surface area contributed by atoms with E-state index in [9.17, 15) is 0 Å². The van der Waals surface area contributed by atoms with Crippen LogP contribution in [0.1, 0.15) is 44.6 Å². The Bertz CT molecular complexity index is 507. The number of ether oxygens (including phenoxy) is 2. The van der Waals surface area contributed by atoms with Crippen LogP contribution in [0.25, 0.3) is 0 Å². The highest BCUT2D eigenvalue weighted by Crippen LogP contribution is 2.19. The summed E-state index contributed by atoms with van der Waals surface area (Å²) in [5.41, 5.74) is 1.36. The number of halogens is 1. The first-order valence-electron chi connectivity index (χ1n) is 10.1. The average Bonchev–Trinajstić information content (AvgIpc) is 3.19. The van der Waals surface area contributed by atoms with Gasteiger partial charge >= 0.3 is 0 Å². The lowest BCUT2D eigenvalue weighted by Crippen LogP contribution is -2.38. The van der Waals surface area contributed by atoms with Crippen molar-refractivity contribution in [1.82, 2.24) is 10.6 Å². The summed E-state index contributed by atoms with van der Waals surface area (Å²) in [4.78, 5) is 4.78. The molecule has 1 aliphatic heterocycles. The average molecular weight is 489 g/mol. The molecule has 5 nitrogen and oxygen atoms in total. The van der Waals surface area contributed by atoms with Gasteiger partial charge in [0.1, 0.15) is 0 Å². The number of nitrogens with one attached hydrogen (secondary N) is 2. The molecule has 1 heterocycles. The van der Waals surface area contributed by atoms with Crippen LogP contribution in [-0.4, -0.2) is 52.0 Å². The molecule has 1 aromatic carbocycles. The van der Waals surface area contributed by atoms with E-state index in [1.54, 1.807) is 0 Å². The predicted molar refractivity (Wildman–Crippen MR) is 123 cm³/mol. The second kappa shape index (κ2) is 15.1. The summed E-state index contributed by atoms with van der Waals surface area (Å²) in [5, 5.41) is 6.74. The van der Waals surface area contributed by atoms with Gasteiger partial charge in [0.05, 0.1) is 13.2 Å². The molecular formula is C21H36IN3O2. The van der Waals surface area contributed by atoms with Crippen LogP contribution in [-0.2, 0) is 9.47 Å². The van der Waals surface area contributed by atoms with Crippen LogP contribution in [0.2, 0.25) is 0 Å². The van der Waals surface area contributed by atoms with E-state index in [-0.39, 0.29) is 24.0 Å². The van der Waals surface area contributed by atoms with Crippen LogP contribution in [0.15, 0.2) is 35.3 Å². The van der Waals surface area contributed by atoms with E-state index in [2.05, 4.69) is 54.8 Å². The molecule has 2 rings (SSSR count). The zero-order valence-corrected chi connectivity index (χ0v) is 19.1. The van der Waals surface area contributed by atoms with Gasteiger partial charge in [0.15, 0.2) is 5.96 Å². The smallest absolute Gasteiger partial charge is 0.191 e. The molecule has 1 aromatic rings. The maximum Gasteiger partial charge on any atom is 0.191 e. The molecule has 2 N–H and O–H groups in total. The van der Waals surface area contributed by atoms with E-state index in [0.717, 1.165) is 71.3 Å². The molecule has 154 valence electrons. The molecule has 2 atom stereocenters. The van der Waals surface area contributed by atoms with Gasteiger partial charge in [-0.1, -0.05) is 37.3 Å². The fourth-order valence-electron chi connectivity index (χ4n) is 3.08. The zero-order valence-electron chi connectivity index (χ0n) is 16.8. The zero-order chi connectivity index (χ0) is 18.5. The highest BCUT2D eigenvalue weighted by molar-refractivity contribution is 14.0. The molecule has 1 aliphatic rings. The minimum atomic E-state index is 0. The topological polar surface area (TPSA) is 54.9 Å². The summed E-state index contributed by atoms with van der Waals surface area (Å²) in [7, 11) is 0. The number of guanidine groups is 1. The van der Waals surface area contributed by atoms with Crippen molar-refractivity contribution in [2.45, 2.75) is 39.0 Å². The third-order valence-electron chi connectivity index (χ3n) is 4.71. The normalized spacial score (nSPS) is 18.0.